The summed E-state index contributed by atoms with van der Waals surface area (Å²) in [6.45, 7) is 4.05. The molecule has 24 heavy (non-hydrogen) atoms. The van der Waals surface area contributed by atoms with Gasteiger partial charge in [-0.2, -0.15) is 0 Å². The number of carboxylic acid groups (broad SMARTS) is 1. The van der Waals surface area contributed by atoms with E-state index in [4.69, 9.17) is 4.74 Å². The zero-order chi connectivity index (χ0) is 17.7. The zero-order valence-corrected chi connectivity index (χ0v) is 14.7. The summed E-state index contributed by atoms with van der Waals surface area (Å²) in [6, 6.07) is 5.55. The highest BCUT2D eigenvalue weighted by Crippen LogP contribution is 2.34. The lowest BCUT2D eigenvalue weighted by Crippen LogP contribution is -2.56. The SMILES string of the molecule is CCC1CCC(NC(=O)Cc2ccc(OC)cc2C)(C(=O)O)CC1. The number of benzene rings is 1. The Bertz CT molecular complexity index is 603. The summed E-state index contributed by atoms with van der Waals surface area (Å²) in [7, 11) is 1.60. The van der Waals surface area contributed by atoms with Crippen molar-refractivity contribution in [2.45, 2.75) is 57.9 Å². The largest absolute Gasteiger partial charge is 0.497 e. The summed E-state index contributed by atoms with van der Waals surface area (Å²) in [5.74, 6) is 0.159. The molecular weight excluding hydrogens is 306 g/mol. The van der Waals surface area contributed by atoms with Gasteiger partial charge < -0.3 is 15.2 Å². The Kier molecular flexibility index (Phi) is 5.86. The lowest BCUT2D eigenvalue weighted by molar-refractivity contribution is -0.149. The van der Waals surface area contributed by atoms with Crippen LogP contribution in [0.5, 0.6) is 5.75 Å². The third kappa shape index (κ3) is 4.08. The van der Waals surface area contributed by atoms with Crippen LogP contribution in [0.3, 0.4) is 0 Å². The van der Waals surface area contributed by atoms with E-state index < -0.39 is 11.5 Å². The van der Waals surface area contributed by atoms with E-state index in [0.29, 0.717) is 18.8 Å². The van der Waals surface area contributed by atoms with Gasteiger partial charge in [-0.3, -0.25) is 4.79 Å². The molecule has 1 aliphatic rings. The quantitative estimate of drug-likeness (QED) is 0.839. The fourth-order valence-electron chi connectivity index (χ4n) is 3.45. The van der Waals surface area contributed by atoms with Crippen molar-refractivity contribution in [2.75, 3.05) is 7.11 Å². The molecular formula is C19H27NO4. The number of carbonyl (C=O) groups excluding carboxylic acids is 1. The molecule has 0 saturated heterocycles. The molecule has 1 aliphatic carbocycles. The first-order valence-electron chi connectivity index (χ1n) is 8.58. The second kappa shape index (κ2) is 7.69. The first kappa shape index (κ1) is 18.3. The van der Waals surface area contributed by atoms with Gasteiger partial charge in [0.25, 0.3) is 0 Å². The molecule has 0 spiro atoms. The van der Waals surface area contributed by atoms with Crippen molar-refractivity contribution in [3.63, 3.8) is 0 Å². The first-order chi connectivity index (χ1) is 11.4. The van der Waals surface area contributed by atoms with Gasteiger partial charge in [-0.05, 0) is 61.8 Å². The summed E-state index contributed by atoms with van der Waals surface area (Å²) in [6.07, 6.45) is 3.97. The topological polar surface area (TPSA) is 75.6 Å². The Morgan fingerprint density at radius 3 is 2.50 bits per heavy atom. The van der Waals surface area contributed by atoms with Crippen LogP contribution < -0.4 is 10.1 Å². The number of hydrogen-bond donors (Lipinski definition) is 2. The molecule has 1 saturated carbocycles. The van der Waals surface area contributed by atoms with Gasteiger partial charge >= 0.3 is 5.97 Å². The van der Waals surface area contributed by atoms with Crippen LogP contribution in [0.15, 0.2) is 18.2 Å². The van der Waals surface area contributed by atoms with Gasteiger partial charge in [0.05, 0.1) is 13.5 Å². The smallest absolute Gasteiger partial charge is 0.329 e. The highest BCUT2D eigenvalue weighted by molar-refractivity contribution is 5.88. The molecule has 0 heterocycles. The lowest BCUT2D eigenvalue weighted by Gasteiger charge is -2.37. The molecule has 0 bridgehead atoms. The van der Waals surface area contributed by atoms with E-state index in [1.54, 1.807) is 7.11 Å². The minimum atomic E-state index is -1.11. The monoisotopic (exact) mass is 333 g/mol. The van der Waals surface area contributed by atoms with E-state index in [1.807, 2.05) is 25.1 Å². The predicted molar refractivity (Wildman–Crippen MR) is 92.2 cm³/mol. The lowest BCUT2D eigenvalue weighted by atomic mass is 9.75. The van der Waals surface area contributed by atoms with Crippen LogP contribution in [0.4, 0.5) is 0 Å². The van der Waals surface area contributed by atoms with E-state index in [-0.39, 0.29) is 12.3 Å². The summed E-state index contributed by atoms with van der Waals surface area (Å²) in [5, 5.41) is 12.5. The maximum Gasteiger partial charge on any atom is 0.329 e. The van der Waals surface area contributed by atoms with Crippen LogP contribution in [0.2, 0.25) is 0 Å². The molecule has 0 atom stereocenters. The minimum absolute atomic E-state index is 0.183. The van der Waals surface area contributed by atoms with Crippen molar-refractivity contribution in [3.05, 3.63) is 29.3 Å². The normalized spacial score (nSPS) is 23.5. The van der Waals surface area contributed by atoms with E-state index in [2.05, 4.69) is 12.2 Å². The predicted octanol–water partition coefficient (Wildman–Crippen LogP) is 3.09. The zero-order valence-electron chi connectivity index (χ0n) is 14.7. The molecule has 0 aromatic heterocycles. The average Bonchev–Trinajstić information content (AvgIpc) is 2.57. The molecule has 5 nitrogen and oxygen atoms in total. The highest BCUT2D eigenvalue weighted by atomic mass is 16.5. The number of methoxy groups -OCH3 is 1. The maximum atomic E-state index is 12.4. The minimum Gasteiger partial charge on any atom is -0.497 e. The van der Waals surface area contributed by atoms with Crippen LogP contribution >= 0.6 is 0 Å². The molecule has 2 rings (SSSR count). The molecule has 2 N–H and O–H groups in total. The van der Waals surface area contributed by atoms with Crippen molar-refractivity contribution in [1.82, 2.24) is 5.32 Å². The maximum absolute atomic E-state index is 12.4. The van der Waals surface area contributed by atoms with E-state index in [9.17, 15) is 14.7 Å². The Hall–Kier alpha value is -2.04. The molecule has 132 valence electrons. The van der Waals surface area contributed by atoms with Crippen molar-refractivity contribution < 1.29 is 19.4 Å². The molecule has 5 heteroatoms. The third-order valence-corrected chi connectivity index (χ3v) is 5.22. The van der Waals surface area contributed by atoms with Gasteiger partial charge in [0, 0.05) is 0 Å². The van der Waals surface area contributed by atoms with Crippen LogP contribution in [0, 0.1) is 12.8 Å². The van der Waals surface area contributed by atoms with E-state index in [0.717, 1.165) is 36.1 Å². The summed E-state index contributed by atoms with van der Waals surface area (Å²) >= 11 is 0. The van der Waals surface area contributed by atoms with Gasteiger partial charge in [0.15, 0.2) is 0 Å². The molecule has 1 amide bonds. The molecule has 0 aliphatic heterocycles. The van der Waals surface area contributed by atoms with Crippen molar-refractivity contribution in [1.29, 1.82) is 0 Å². The Morgan fingerprint density at radius 2 is 2.00 bits per heavy atom. The molecule has 1 fully saturated rings. The van der Waals surface area contributed by atoms with Gasteiger partial charge in [-0.25, -0.2) is 4.79 Å². The Labute approximate surface area is 143 Å². The van der Waals surface area contributed by atoms with E-state index in [1.165, 1.54) is 0 Å². The number of ether oxygens (including phenoxy) is 1. The standard InChI is InChI=1S/C19H27NO4/c1-4-14-7-9-19(10-8-14,18(22)23)20-17(21)12-15-5-6-16(24-3)11-13(15)2/h5-6,11,14H,4,7-10,12H2,1-3H3,(H,20,21)(H,22,23). The van der Waals surface area contributed by atoms with Crippen molar-refractivity contribution in [2.24, 2.45) is 5.92 Å². The Morgan fingerprint density at radius 1 is 1.33 bits per heavy atom. The number of aryl methyl sites for hydroxylation is 1. The van der Waals surface area contributed by atoms with Gasteiger partial charge in [-0.1, -0.05) is 19.4 Å². The highest BCUT2D eigenvalue weighted by Gasteiger charge is 2.42. The molecule has 1 aromatic rings. The fourth-order valence-corrected chi connectivity index (χ4v) is 3.45. The molecule has 0 radical (unpaired) electrons. The fraction of sp³-hybridized carbons (Fsp3) is 0.579. The summed E-state index contributed by atoms with van der Waals surface area (Å²) < 4.78 is 5.17. The van der Waals surface area contributed by atoms with Crippen LogP contribution in [0.1, 0.15) is 50.2 Å². The third-order valence-electron chi connectivity index (χ3n) is 5.22. The first-order valence-corrected chi connectivity index (χ1v) is 8.58. The van der Waals surface area contributed by atoms with Crippen LogP contribution in [-0.2, 0) is 16.0 Å². The van der Waals surface area contributed by atoms with Gasteiger partial charge in [0.1, 0.15) is 11.3 Å². The number of rotatable bonds is 6. The number of aliphatic carboxylic acids is 1. The average molecular weight is 333 g/mol. The number of amides is 1. The van der Waals surface area contributed by atoms with Gasteiger partial charge in [-0.15, -0.1) is 0 Å². The summed E-state index contributed by atoms with van der Waals surface area (Å²) in [5.41, 5.74) is 0.739. The second-order valence-corrected chi connectivity index (χ2v) is 6.76. The number of nitrogens with one attached hydrogen (secondary N) is 1. The van der Waals surface area contributed by atoms with Crippen molar-refractivity contribution in [3.8, 4) is 5.75 Å². The number of carboxylic acids is 1. The van der Waals surface area contributed by atoms with Crippen molar-refractivity contribution >= 4 is 11.9 Å². The second-order valence-electron chi connectivity index (χ2n) is 6.76. The van der Waals surface area contributed by atoms with Crippen LogP contribution in [0.25, 0.3) is 0 Å². The van der Waals surface area contributed by atoms with E-state index >= 15 is 0 Å². The molecule has 1 aromatic carbocycles. The Balaban J connectivity index is 2.05. The number of carbonyl (C=O) groups is 2. The van der Waals surface area contributed by atoms with Gasteiger partial charge in [0.2, 0.25) is 5.91 Å². The summed E-state index contributed by atoms with van der Waals surface area (Å²) in [4.78, 5) is 24.2. The van der Waals surface area contributed by atoms with Crippen LogP contribution in [-0.4, -0.2) is 29.6 Å². The number of hydrogen-bond acceptors (Lipinski definition) is 3. The molecule has 0 unspecified atom stereocenters.